The van der Waals surface area contributed by atoms with Gasteiger partial charge in [-0.25, -0.2) is 0 Å². The normalized spacial score (nSPS) is 11.3. The molecule has 1 aromatic heterocycles. The van der Waals surface area contributed by atoms with Crippen LogP contribution in [0.1, 0.15) is 16.9 Å². The molecule has 0 aliphatic carbocycles. The number of benzene rings is 1. The van der Waals surface area contributed by atoms with Crippen molar-refractivity contribution in [3.8, 4) is 6.07 Å². The van der Waals surface area contributed by atoms with Crippen molar-refractivity contribution in [2.45, 2.75) is 22.9 Å². The minimum absolute atomic E-state index is 0.374. The number of furan rings is 1. The lowest BCUT2D eigenvalue weighted by Crippen LogP contribution is -2.07. The van der Waals surface area contributed by atoms with Crippen LogP contribution >= 0.6 is 11.8 Å². The van der Waals surface area contributed by atoms with Crippen molar-refractivity contribution in [2.75, 3.05) is 0 Å². The highest BCUT2D eigenvalue weighted by molar-refractivity contribution is 7.99. The van der Waals surface area contributed by atoms with Gasteiger partial charge in [0.2, 0.25) is 0 Å². The van der Waals surface area contributed by atoms with Crippen LogP contribution in [0, 0.1) is 18.3 Å². The van der Waals surface area contributed by atoms with E-state index in [1.54, 1.807) is 19.1 Å². The highest BCUT2D eigenvalue weighted by Gasteiger charge is 2.33. The molecule has 2 nitrogen and oxygen atoms in total. The first kappa shape index (κ1) is 13.6. The monoisotopic (exact) mass is 283 g/mol. The summed E-state index contributed by atoms with van der Waals surface area (Å²) in [4.78, 5) is 1.16. The van der Waals surface area contributed by atoms with Gasteiger partial charge in [-0.15, -0.1) is 0 Å². The Morgan fingerprint density at radius 3 is 2.53 bits per heavy atom. The maximum atomic E-state index is 12.8. The van der Waals surface area contributed by atoms with E-state index in [1.165, 1.54) is 30.2 Å². The highest BCUT2D eigenvalue weighted by Crippen LogP contribution is 2.37. The average molecular weight is 283 g/mol. The SMILES string of the molecule is Cc1occc1Sc1ccc(C#N)c(C(F)(F)F)c1. The number of aryl methyl sites for hydroxylation is 1. The maximum Gasteiger partial charge on any atom is 0.417 e. The Bertz CT molecular complexity index is 640. The van der Waals surface area contributed by atoms with Gasteiger partial charge in [-0.1, -0.05) is 11.8 Å². The first-order chi connectivity index (χ1) is 8.91. The molecule has 0 aliphatic heterocycles. The molecule has 0 spiro atoms. The van der Waals surface area contributed by atoms with Gasteiger partial charge in [0.1, 0.15) is 5.76 Å². The van der Waals surface area contributed by atoms with Crippen LogP contribution in [0.3, 0.4) is 0 Å². The molecule has 2 aromatic rings. The molecule has 1 aromatic carbocycles. The molecule has 2 rings (SSSR count). The number of halogens is 3. The van der Waals surface area contributed by atoms with Crippen LogP contribution in [0.5, 0.6) is 0 Å². The Balaban J connectivity index is 2.39. The molecular formula is C13H8F3NOS. The minimum Gasteiger partial charge on any atom is -0.468 e. The first-order valence-corrected chi connectivity index (χ1v) is 6.07. The molecule has 0 fully saturated rings. The van der Waals surface area contributed by atoms with Gasteiger partial charge >= 0.3 is 6.18 Å². The lowest BCUT2D eigenvalue weighted by molar-refractivity contribution is -0.137. The molecule has 19 heavy (non-hydrogen) atoms. The van der Waals surface area contributed by atoms with E-state index in [1.807, 2.05) is 0 Å². The number of nitriles is 1. The van der Waals surface area contributed by atoms with Crippen molar-refractivity contribution in [2.24, 2.45) is 0 Å². The topological polar surface area (TPSA) is 36.9 Å². The third-order valence-corrected chi connectivity index (χ3v) is 3.59. The van der Waals surface area contributed by atoms with E-state index in [0.717, 1.165) is 11.0 Å². The van der Waals surface area contributed by atoms with E-state index in [9.17, 15) is 13.2 Å². The van der Waals surface area contributed by atoms with Crippen molar-refractivity contribution in [1.82, 2.24) is 0 Å². The van der Waals surface area contributed by atoms with Crippen molar-refractivity contribution in [3.05, 3.63) is 47.4 Å². The number of alkyl halides is 3. The predicted molar refractivity (Wildman–Crippen MR) is 63.7 cm³/mol. The van der Waals surface area contributed by atoms with Gasteiger partial charge < -0.3 is 4.42 Å². The predicted octanol–water partition coefficient (Wildman–Crippen LogP) is 4.63. The van der Waals surface area contributed by atoms with Crippen LogP contribution in [0.2, 0.25) is 0 Å². The second-order valence-corrected chi connectivity index (χ2v) is 4.88. The largest absolute Gasteiger partial charge is 0.468 e. The zero-order valence-corrected chi connectivity index (χ0v) is 10.6. The zero-order valence-electron chi connectivity index (χ0n) is 9.78. The van der Waals surface area contributed by atoms with Gasteiger partial charge in [0, 0.05) is 4.90 Å². The molecule has 1 heterocycles. The quantitative estimate of drug-likeness (QED) is 0.806. The summed E-state index contributed by atoms with van der Waals surface area (Å²) < 4.78 is 43.5. The third-order valence-electron chi connectivity index (χ3n) is 2.46. The Morgan fingerprint density at radius 1 is 1.26 bits per heavy atom. The maximum absolute atomic E-state index is 12.8. The van der Waals surface area contributed by atoms with Gasteiger partial charge in [0.15, 0.2) is 0 Å². The summed E-state index contributed by atoms with van der Waals surface area (Å²) in [5.74, 6) is 0.642. The van der Waals surface area contributed by atoms with Crippen LogP contribution in [-0.4, -0.2) is 0 Å². The van der Waals surface area contributed by atoms with Gasteiger partial charge in [0.25, 0.3) is 0 Å². The molecule has 0 atom stereocenters. The molecule has 6 heteroatoms. The van der Waals surface area contributed by atoms with Crippen LogP contribution in [0.4, 0.5) is 13.2 Å². The van der Waals surface area contributed by atoms with E-state index in [2.05, 4.69) is 0 Å². The molecule has 0 N–H and O–H groups in total. The van der Waals surface area contributed by atoms with E-state index in [-0.39, 0.29) is 5.56 Å². The van der Waals surface area contributed by atoms with Gasteiger partial charge in [-0.2, -0.15) is 18.4 Å². The fourth-order valence-corrected chi connectivity index (χ4v) is 2.41. The van der Waals surface area contributed by atoms with Crippen LogP contribution < -0.4 is 0 Å². The standard InChI is InChI=1S/C13H8F3NOS/c1-8-12(4-5-18-8)19-10-3-2-9(7-17)11(6-10)13(14,15)16/h2-6H,1H3. The van der Waals surface area contributed by atoms with Crippen molar-refractivity contribution in [3.63, 3.8) is 0 Å². The number of rotatable bonds is 2. The molecule has 0 saturated heterocycles. The van der Waals surface area contributed by atoms with Gasteiger partial charge in [0.05, 0.1) is 28.4 Å². The van der Waals surface area contributed by atoms with E-state index < -0.39 is 11.7 Å². The lowest BCUT2D eigenvalue weighted by atomic mass is 10.1. The summed E-state index contributed by atoms with van der Waals surface area (Å²) in [6.07, 6.45) is -3.06. The van der Waals surface area contributed by atoms with Crippen molar-refractivity contribution < 1.29 is 17.6 Å². The highest BCUT2D eigenvalue weighted by atomic mass is 32.2. The van der Waals surface area contributed by atoms with Crippen molar-refractivity contribution in [1.29, 1.82) is 5.26 Å². The molecular weight excluding hydrogens is 275 g/mol. The van der Waals surface area contributed by atoms with E-state index >= 15 is 0 Å². The Hall–Kier alpha value is -1.87. The smallest absolute Gasteiger partial charge is 0.417 e. The summed E-state index contributed by atoms with van der Waals surface area (Å²) in [5.41, 5.74) is -1.29. The molecule has 0 aliphatic rings. The van der Waals surface area contributed by atoms with Crippen LogP contribution in [0.15, 0.2) is 44.7 Å². The summed E-state index contributed by atoms with van der Waals surface area (Å²) in [6, 6.07) is 6.89. The molecule has 98 valence electrons. The Morgan fingerprint density at radius 2 is 2.00 bits per heavy atom. The van der Waals surface area contributed by atoms with Crippen molar-refractivity contribution >= 4 is 11.8 Å². The summed E-state index contributed by atoms with van der Waals surface area (Å²) >= 11 is 1.17. The molecule has 0 radical (unpaired) electrons. The third kappa shape index (κ3) is 2.93. The summed E-state index contributed by atoms with van der Waals surface area (Å²) in [7, 11) is 0. The number of nitrogens with zero attached hydrogens (tertiary/aromatic N) is 1. The van der Waals surface area contributed by atoms with E-state index in [0.29, 0.717) is 10.7 Å². The summed E-state index contributed by atoms with van der Waals surface area (Å²) in [5, 5.41) is 8.70. The van der Waals surface area contributed by atoms with Gasteiger partial charge in [-0.3, -0.25) is 0 Å². The number of hydrogen-bond acceptors (Lipinski definition) is 3. The lowest BCUT2D eigenvalue weighted by Gasteiger charge is -2.10. The summed E-state index contributed by atoms with van der Waals surface area (Å²) in [6.45, 7) is 1.73. The minimum atomic E-state index is -4.53. The van der Waals surface area contributed by atoms with E-state index in [4.69, 9.17) is 9.68 Å². The fourth-order valence-electron chi connectivity index (χ4n) is 1.53. The number of hydrogen-bond donors (Lipinski definition) is 0. The second kappa shape index (κ2) is 5.02. The first-order valence-electron chi connectivity index (χ1n) is 5.25. The fraction of sp³-hybridized carbons (Fsp3) is 0.154. The zero-order chi connectivity index (χ0) is 14.0. The molecule has 0 bridgehead atoms. The van der Waals surface area contributed by atoms with Gasteiger partial charge in [-0.05, 0) is 31.2 Å². The van der Waals surface area contributed by atoms with Crippen LogP contribution in [-0.2, 0) is 6.18 Å². The molecule has 0 saturated carbocycles. The Kier molecular flexibility index (Phi) is 3.58. The average Bonchev–Trinajstić information content (AvgIpc) is 2.74. The Labute approximate surface area is 111 Å². The molecule has 0 amide bonds. The molecule has 0 unspecified atom stereocenters. The second-order valence-electron chi connectivity index (χ2n) is 3.76. The van der Waals surface area contributed by atoms with Crippen LogP contribution in [0.25, 0.3) is 0 Å².